The maximum absolute atomic E-state index is 5.95. The summed E-state index contributed by atoms with van der Waals surface area (Å²) in [5.74, 6) is 0. The molecule has 0 spiro atoms. The van der Waals surface area contributed by atoms with E-state index in [1.807, 2.05) is 34.6 Å². The van der Waals surface area contributed by atoms with Crippen LogP contribution in [0.2, 0.25) is 0 Å². The lowest BCUT2D eigenvalue weighted by atomic mass is 9.85. The first-order chi connectivity index (χ1) is 7.77. The molecule has 1 saturated heterocycles. The Kier molecular flexibility index (Phi) is 3.00. The van der Waals surface area contributed by atoms with Gasteiger partial charge in [-0.15, -0.1) is 0 Å². The van der Waals surface area contributed by atoms with Crippen LogP contribution in [0.25, 0.3) is 0 Å². The molecule has 1 aliphatic rings. The van der Waals surface area contributed by atoms with Crippen molar-refractivity contribution >= 4 is 24.0 Å². The summed E-state index contributed by atoms with van der Waals surface area (Å²) in [7, 11) is 1.20. The highest BCUT2D eigenvalue weighted by atomic mass is 32.1. The van der Waals surface area contributed by atoms with Crippen molar-refractivity contribution in [2.45, 2.75) is 45.8 Å². The third-order valence-electron chi connectivity index (χ3n) is 3.39. The van der Waals surface area contributed by atoms with Gasteiger partial charge in [0.05, 0.1) is 23.3 Å². The van der Waals surface area contributed by atoms with Gasteiger partial charge in [-0.2, -0.15) is 0 Å². The van der Waals surface area contributed by atoms with E-state index in [9.17, 15) is 0 Å². The van der Waals surface area contributed by atoms with E-state index in [2.05, 4.69) is 4.98 Å². The fourth-order valence-corrected chi connectivity index (χ4v) is 2.42. The zero-order valence-corrected chi connectivity index (χ0v) is 12.0. The fourth-order valence-electron chi connectivity index (χ4n) is 1.67. The number of aryl methyl sites for hydroxylation is 1. The van der Waals surface area contributed by atoms with Crippen molar-refractivity contribution in [2.75, 3.05) is 7.11 Å². The molecule has 0 unspecified atom stereocenters. The smallest absolute Gasteiger partial charge is 0.486 e. The highest BCUT2D eigenvalue weighted by Crippen LogP contribution is 2.37. The first-order valence-electron chi connectivity index (χ1n) is 5.64. The molecule has 1 fully saturated rings. The van der Waals surface area contributed by atoms with Gasteiger partial charge in [-0.25, -0.2) is 4.98 Å². The van der Waals surface area contributed by atoms with Crippen molar-refractivity contribution in [1.82, 2.24) is 4.98 Å². The number of rotatable bonds is 2. The topological polar surface area (TPSA) is 40.6 Å². The van der Waals surface area contributed by atoms with Gasteiger partial charge in [0.25, 0.3) is 0 Å². The second-order valence-electron chi connectivity index (χ2n) is 5.20. The van der Waals surface area contributed by atoms with E-state index in [4.69, 9.17) is 14.0 Å². The predicted octanol–water partition coefficient (Wildman–Crippen LogP) is 1.76. The number of ether oxygens (including phenoxy) is 1. The van der Waals surface area contributed by atoms with E-state index < -0.39 is 7.12 Å². The van der Waals surface area contributed by atoms with Gasteiger partial charge in [0.2, 0.25) is 0 Å². The SMILES string of the molecule is COc1sc(C)nc1B1OC(C)(C)C(C)(C)O1. The Morgan fingerprint density at radius 2 is 1.71 bits per heavy atom. The number of nitrogens with zero attached hydrogens (tertiary/aromatic N) is 1. The molecule has 1 aromatic rings. The number of methoxy groups -OCH3 is 1. The standard InChI is InChI=1S/C11H18BNO3S/c1-7-13-8(9(14-6)17-7)12-15-10(2,3)11(4,5)16-12/h1-6H3. The second kappa shape index (κ2) is 3.97. The largest absolute Gasteiger partial charge is 0.519 e. The van der Waals surface area contributed by atoms with Gasteiger partial charge in [-0.1, -0.05) is 11.3 Å². The van der Waals surface area contributed by atoms with Crippen LogP contribution < -0.4 is 10.3 Å². The lowest BCUT2D eigenvalue weighted by Gasteiger charge is -2.32. The lowest BCUT2D eigenvalue weighted by Crippen LogP contribution is -2.41. The maximum Gasteiger partial charge on any atom is 0.519 e. The Hall–Kier alpha value is -0.585. The van der Waals surface area contributed by atoms with Crippen molar-refractivity contribution in [1.29, 1.82) is 0 Å². The van der Waals surface area contributed by atoms with E-state index in [0.717, 1.165) is 15.7 Å². The molecule has 4 nitrogen and oxygen atoms in total. The van der Waals surface area contributed by atoms with E-state index in [-0.39, 0.29) is 11.2 Å². The molecule has 0 bridgehead atoms. The Morgan fingerprint density at radius 1 is 1.18 bits per heavy atom. The molecule has 1 aromatic heterocycles. The molecule has 0 amide bonds. The van der Waals surface area contributed by atoms with Gasteiger partial charge in [-0.3, -0.25) is 0 Å². The first-order valence-corrected chi connectivity index (χ1v) is 6.45. The average molecular weight is 255 g/mol. The monoisotopic (exact) mass is 255 g/mol. The van der Waals surface area contributed by atoms with Gasteiger partial charge in [-0.05, 0) is 34.6 Å². The van der Waals surface area contributed by atoms with Crippen molar-refractivity contribution < 1.29 is 14.0 Å². The average Bonchev–Trinajstić information content (AvgIpc) is 2.65. The molecule has 17 heavy (non-hydrogen) atoms. The van der Waals surface area contributed by atoms with Crippen molar-refractivity contribution in [3.63, 3.8) is 0 Å². The summed E-state index contributed by atoms with van der Waals surface area (Å²) in [6, 6.07) is 0. The van der Waals surface area contributed by atoms with E-state index in [1.54, 1.807) is 7.11 Å². The Bertz CT molecular complexity index is 414. The minimum atomic E-state index is -0.445. The highest BCUT2D eigenvalue weighted by Gasteiger charge is 2.53. The van der Waals surface area contributed by atoms with E-state index >= 15 is 0 Å². The van der Waals surface area contributed by atoms with Gasteiger partial charge in [0.1, 0.15) is 5.59 Å². The van der Waals surface area contributed by atoms with E-state index in [1.165, 1.54) is 11.3 Å². The second-order valence-corrected chi connectivity index (χ2v) is 6.36. The number of hydrogen-bond donors (Lipinski definition) is 0. The predicted molar refractivity (Wildman–Crippen MR) is 69.1 cm³/mol. The third kappa shape index (κ3) is 2.09. The van der Waals surface area contributed by atoms with Crippen LogP contribution in [0.4, 0.5) is 0 Å². The molecule has 2 rings (SSSR count). The molecule has 6 heteroatoms. The van der Waals surface area contributed by atoms with Gasteiger partial charge in [0.15, 0.2) is 5.06 Å². The Labute approximate surface area is 106 Å². The highest BCUT2D eigenvalue weighted by molar-refractivity contribution is 7.14. The first kappa shape index (κ1) is 12.9. The minimum Gasteiger partial charge on any atom is -0.486 e. The van der Waals surface area contributed by atoms with Crippen molar-refractivity contribution in [3.05, 3.63) is 5.01 Å². The van der Waals surface area contributed by atoms with Crippen LogP contribution in [0.5, 0.6) is 5.06 Å². The molecule has 0 radical (unpaired) electrons. The molecule has 94 valence electrons. The normalized spacial score (nSPS) is 21.9. The molecule has 0 aromatic carbocycles. The van der Waals surface area contributed by atoms with Crippen LogP contribution in [-0.4, -0.2) is 30.4 Å². The van der Waals surface area contributed by atoms with Crippen molar-refractivity contribution in [2.24, 2.45) is 0 Å². The van der Waals surface area contributed by atoms with Crippen molar-refractivity contribution in [3.8, 4) is 5.06 Å². The Balaban J connectivity index is 2.31. The third-order valence-corrected chi connectivity index (χ3v) is 4.34. The minimum absolute atomic E-state index is 0.347. The lowest BCUT2D eigenvalue weighted by molar-refractivity contribution is 0.00578. The molecule has 0 saturated carbocycles. The summed E-state index contributed by atoms with van der Waals surface area (Å²) in [6.07, 6.45) is 0. The molecule has 0 atom stereocenters. The van der Waals surface area contributed by atoms with Crippen LogP contribution in [0.15, 0.2) is 0 Å². The summed E-state index contributed by atoms with van der Waals surface area (Å²) in [5.41, 5.74) is 0.0501. The maximum atomic E-state index is 5.95. The number of hydrogen-bond acceptors (Lipinski definition) is 5. The van der Waals surface area contributed by atoms with Gasteiger partial charge < -0.3 is 14.0 Å². The summed E-state index contributed by atoms with van der Waals surface area (Å²) in [5, 5.41) is 1.72. The van der Waals surface area contributed by atoms with Gasteiger partial charge in [0, 0.05) is 0 Å². The van der Waals surface area contributed by atoms with E-state index in [0.29, 0.717) is 0 Å². The number of aromatic nitrogens is 1. The summed E-state index contributed by atoms with van der Waals surface area (Å²) in [6.45, 7) is 10.1. The van der Waals surface area contributed by atoms with Crippen LogP contribution >= 0.6 is 11.3 Å². The quantitative estimate of drug-likeness (QED) is 0.755. The number of thiazole rings is 1. The van der Waals surface area contributed by atoms with Crippen LogP contribution in [0.1, 0.15) is 32.7 Å². The zero-order chi connectivity index (χ0) is 12.8. The fraction of sp³-hybridized carbons (Fsp3) is 0.727. The molecule has 0 N–H and O–H groups in total. The molecular weight excluding hydrogens is 237 g/mol. The zero-order valence-electron chi connectivity index (χ0n) is 11.2. The van der Waals surface area contributed by atoms with Crippen LogP contribution in [0.3, 0.4) is 0 Å². The molecule has 1 aliphatic heterocycles. The molecule has 2 heterocycles. The molecular formula is C11H18BNO3S. The molecule has 0 aliphatic carbocycles. The Morgan fingerprint density at radius 3 is 2.18 bits per heavy atom. The van der Waals surface area contributed by atoms with Crippen LogP contribution in [-0.2, 0) is 9.31 Å². The summed E-state index contributed by atoms with van der Waals surface area (Å²) >= 11 is 1.51. The summed E-state index contributed by atoms with van der Waals surface area (Å²) in [4.78, 5) is 4.44. The summed E-state index contributed by atoms with van der Waals surface area (Å²) < 4.78 is 17.2. The van der Waals surface area contributed by atoms with Gasteiger partial charge >= 0.3 is 7.12 Å². The van der Waals surface area contributed by atoms with Crippen LogP contribution in [0, 0.1) is 6.92 Å².